The number of nitriles is 1. The van der Waals surface area contributed by atoms with Crippen LogP contribution in [0.4, 0.5) is 10.8 Å². The van der Waals surface area contributed by atoms with Crippen molar-refractivity contribution in [2.24, 2.45) is 0 Å². The summed E-state index contributed by atoms with van der Waals surface area (Å²) in [4.78, 5) is 19.9. The Labute approximate surface area is 208 Å². The van der Waals surface area contributed by atoms with E-state index in [-0.39, 0.29) is 11.4 Å². The number of anilines is 2. The van der Waals surface area contributed by atoms with E-state index >= 15 is 0 Å². The summed E-state index contributed by atoms with van der Waals surface area (Å²) < 4.78 is 27.3. The van der Waals surface area contributed by atoms with Crippen LogP contribution in [0, 0.1) is 18.3 Å². The van der Waals surface area contributed by atoms with Gasteiger partial charge < -0.3 is 4.90 Å². The maximum Gasteiger partial charge on any atom is 0.284 e. The first kappa shape index (κ1) is 24.1. The van der Waals surface area contributed by atoms with Gasteiger partial charge in [0, 0.05) is 10.6 Å². The molecule has 0 aliphatic heterocycles. The third-order valence-corrected chi connectivity index (χ3v) is 7.37. The number of hydrogen-bond donors (Lipinski definition) is 1. The minimum Gasteiger partial charge on any atom is -0.313 e. The molecule has 0 unspecified atom stereocenters. The summed E-state index contributed by atoms with van der Waals surface area (Å²) >= 11 is 1.30. The Balaban J connectivity index is 1.61. The van der Waals surface area contributed by atoms with Crippen molar-refractivity contribution in [2.75, 3.05) is 4.90 Å². The highest BCUT2D eigenvalue weighted by molar-refractivity contribution is 7.89. The Bertz CT molecular complexity index is 1460. The highest BCUT2D eigenvalue weighted by Gasteiger charge is 2.24. The SMILES string of the molecule is Cc1sc(N(Cc2ccccc2)c2ccc(C#N)cc2)nc1C(=O)NS(=O)(=O)Cc1ccccc1. The Hall–Kier alpha value is -4.00. The van der Waals surface area contributed by atoms with Crippen LogP contribution in [0.2, 0.25) is 0 Å². The lowest BCUT2D eigenvalue weighted by molar-refractivity contribution is 0.0976. The van der Waals surface area contributed by atoms with Crippen LogP contribution in [-0.4, -0.2) is 19.3 Å². The lowest BCUT2D eigenvalue weighted by Gasteiger charge is -2.22. The Morgan fingerprint density at radius 1 is 0.971 bits per heavy atom. The Morgan fingerprint density at radius 2 is 1.57 bits per heavy atom. The van der Waals surface area contributed by atoms with E-state index in [2.05, 4.69) is 15.8 Å². The van der Waals surface area contributed by atoms with Gasteiger partial charge in [-0.3, -0.25) is 4.79 Å². The van der Waals surface area contributed by atoms with E-state index in [1.54, 1.807) is 49.4 Å². The molecule has 4 aromatic rings. The number of aromatic nitrogens is 1. The Kier molecular flexibility index (Phi) is 7.25. The molecule has 0 atom stereocenters. The molecule has 0 spiro atoms. The molecule has 9 heteroatoms. The number of sulfonamides is 1. The zero-order valence-corrected chi connectivity index (χ0v) is 20.5. The van der Waals surface area contributed by atoms with E-state index in [9.17, 15) is 13.2 Å². The molecule has 0 fully saturated rings. The smallest absolute Gasteiger partial charge is 0.284 e. The Morgan fingerprint density at radius 3 is 2.17 bits per heavy atom. The summed E-state index contributed by atoms with van der Waals surface area (Å²) in [6.45, 7) is 2.21. The quantitative estimate of drug-likeness (QED) is 0.367. The van der Waals surface area contributed by atoms with Crippen LogP contribution in [0.25, 0.3) is 0 Å². The molecule has 176 valence electrons. The third kappa shape index (κ3) is 6.12. The number of thiazole rings is 1. The third-order valence-electron chi connectivity index (χ3n) is 5.17. The second-order valence-electron chi connectivity index (χ2n) is 7.81. The number of amides is 1. The van der Waals surface area contributed by atoms with Gasteiger partial charge in [-0.2, -0.15) is 5.26 Å². The summed E-state index contributed by atoms with van der Waals surface area (Å²) in [6, 6.07) is 27.6. The predicted molar refractivity (Wildman–Crippen MR) is 137 cm³/mol. The molecule has 4 rings (SSSR count). The summed E-state index contributed by atoms with van der Waals surface area (Å²) in [5, 5.41) is 9.68. The molecule has 1 amide bonds. The van der Waals surface area contributed by atoms with Gasteiger partial charge in [0.05, 0.1) is 23.9 Å². The molecular formula is C26H22N4O3S2. The van der Waals surface area contributed by atoms with Crippen molar-refractivity contribution in [3.8, 4) is 6.07 Å². The van der Waals surface area contributed by atoms with Crippen LogP contribution in [-0.2, 0) is 22.3 Å². The van der Waals surface area contributed by atoms with Crippen LogP contribution < -0.4 is 9.62 Å². The molecule has 1 heterocycles. The van der Waals surface area contributed by atoms with Gasteiger partial charge in [0.15, 0.2) is 5.13 Å². The lowest BCUT2D eigenvalue weighted by Crippen LogP contribution is -2.32. The van der Waals surface area contributed by atoms with Crippen molar-refractivity contribution in [1.29, 1.82) is 5.26 Å². The molecule has 0 saturated carbocycles. The van der Waals surface area contributed by atoms with Crippen LogP contribution in [0.5, 0.6) is 0 Å². The molecule has 1 aromatic heterocycles. The van der Waals surface area contributed by atoms with Crippen LogP contribution in [0.15, 0.2) is 84.9 Å². The minimum atomic E-state index is -3.90. The highest BCUT2D eigenvalue weighted by Crippen LogP contribution is 2.33. The number of carbonyl (C=O) groups is 1. The number of nitrogens with one attached hydrogen (secondary N) is 1. The van der Waals surface area contributed by atoms with Crippen LogP contribution in [0.1, 0.15) is 32.1 Å². The average Bonchev–Trinajstić information content (AvgIpc) is 3.25. The predicted octanol–water partition coefficient (Wildman–Crippen LogP) is 4.92. The van der Waals surface area contributed by atoms with E-state index < -0.39 is 15.9 Å². The number of carbonyl (C=O) groups excluding carboxylic acids is 1. The first-order valence-corrected chi connectivity index (χ1v) is 13.2. The fourth-order valence-corrected chi connectivity index (χ4v) is 5.49. The topological polar surface area (TPSA) is 103 Å². The van der Waals surface area contributed by atoms with Crippen molar-refractivity contribution < 1.29 is 13.2 Å². The summed E-state index contributed by atoms with van der Waals surface area (Å²) in [5.41, 5.74) is 3.01. The molecule has 3 aromatic carbocycles. The van der Waals surface area contributed by atoms with E-state index in [4.69, 9.17) is 5.26 Å². The fraction of sp³-hybridized carbons (Fsp3) is 0.115. The molecule has 35 heavy (non-hydrogen) atoms. The first-order chi connectivity index (χ1) is 16.8. The molecular weight excluding hydrogens is 480 g/mol. The molecule has 7 nitrogen and oxygen atoms in total. The average molecular weight is 503 g/mol. The van der Waals surface area contributed by atoms with Gasteiger partial charge in [-0.1, -0.05) is 60.7 Å². The summed E-state index contributed by atoms with van der Waals surface area (Å²) in [5.74, 6) is -1.07. The first-order valence-electron chi connectivity index (χ1n) is 10.7. The number of nitrogens with zero attached hydrogens (tertiary/aromatic N) is 3. The maximum absolute atomic E-state index is 12.9. The van der Waals surface area contributed by atoms with Crippen molar-refractivity contribution in [3.63, 3.8) is 0 Å². The van der Waals surface area contributed by atoms with Gasteiger partial charge in [-0.05, 0) is 42.3 Å². The molecule has 0 bridgehead atoms. The van der Waals surface area contributed by atoms with Gasteiger partial charge in [0.2, 0.25) is 10.0 Å². The van der Waals surface area contributed by atoms with Crippen molar-refractivity contribution in [1.82, 2.24) is 9.71 Å². The van der Waals surface area contributed by atoms with Crippen molar-refractivity contribution in [2.45, 2.75) is 19.2 Å². The summed E-state index contributed by atoms with van der Waals surface area (Å²) in [7, 11) is -3.90. The van der Waals surface area contributed by atoms with Crippen LogP contribution >= 0.6 is 11.3 Å². The van der Waals surface area contributed by atoms with E-state index in [1.807, 2.05) is 47.4 Å². The minimum absolute atomic E-state index is 0.0633. The van der Waals surface area contributed by atoms with Crippen LogP contribution in [0.3, 0.4) is 0 Å². The largest absolute Gasteiger partial charge is 0.313 e. The molecule has 1 N–H and O–H groups in total. The number of rotatable bonds is 8. The molecule has 0 radical (unpaired) electrons. The fourth-order valence-electron chi connectivity index (χ4n) is 3.48. The lowest BCUT2D eigenvalue weighted by atomic mass is 10.2. The van der Waals surface area contributed by atoms with Gasteiger partial charge in [0.1, 0.15) is 5.69 Å². The maximum atomic E-state index is 12.9. The second kappa shape index (κ2) is 10.5. The van der Waals surface area contributed by atoms with E-state index in [0.29, 0.717) is 27.7 Å². The van der Waals surface area contributed by atoms with E-state index in [0.717, 1.165) is 11.3 Å². The monoisotopic (exact) mass is 502 g/mol. The van der Waals surface area contributed by atoms with E-state index in [1.165, 1.54) is 11.3 Å². The van der Waals surface area contributed by atoms with Crippen molar-refractivity contribution in [3.05, 3.63) is 112 Å². The zero-order chi connectivity index (χ0) is 24.8. The van der Waals surface area contributed by atoms with Crippen molar-refractivity contribution >= 4 is 38.1 Å². The standard InChI is InChI=1S/C26H22N4O3S2/c1-19-24(25(31)29-35(32,33)18-22-10-6-3-7-11-22)28-26(34-19)30(17-21-8-4-2-5-9-21)23-14-12-20(16-27)13-15-23/h2-15H,17-18H2,1H3,(H,29,31). The van der Waals surface area contributed by atoms with Gasteiger partial charge >= 0.3 is 0 Å². The number of aryl methyl sites for hydroxylation is 1. The molecule has 0 saturated heterocycles. The number of benzene rings is 3. The zero-order valence-electron chi connectivity index (χ0n) is 18.9. The van der Waals surface area contributed by atoms with Gasteiger partial charge in [0.25, 0.3) is 5.91 Å². The number of hydrogen-bond acceptors (Lipinski definition) is 7. The highest BCUT2D eigenvalue weighted by atomic mass is 32.2. The second-order valence-corrected chi connectivity index (χ2v) is 10.7. The molecule has 0 aliphatic rings. The van der Waals surface area contributed by atoms with Gasteiger partial charge in [-0.25, -0.2) is 18.1 Å². The normalized spacial score (nSPS) is 11.0. The van der Waals surface area contributed by atoms with Gasteiger partial charge in [-0.15, -0.1) is 11.3 Å². The molecule has 0 aliphatic carbocycles. The summed E-state index contributed by atoms with van der Waals surface area (Å²) in [6.07, 6.45) is 0.